The third-order valence-corrected chi connectivity index (χ3v) is 3.92. The summed E-state index contributed by atoms with van der Waals surface area (Å²) in [5, 5.41) is 12.3. The Balaban J connectivity index is 1.76. The van der Waals surface area contributed by atoms with Gasteiger partial charge >= 0.3 is 0 Å². The Bertz CT molecular complexity index is 721. The van der Waals surface area contributed by atoms with Gasteiger partial charge in [-0.15, -0.1) is 21.5 Å². The molecule has 0 saturated carbocycles. The number of aryl methyl sites for hydroxylation is 1. The lowest BCUT2D eigenvalue weighted by Gasteiger charge is -2.06. The quantitative estimate of drug-likeness (QED) is 0.804. The number of halogens is 1. The lowest BCUT2D eigenvalue weighted by molar-refractivity contribution is 0.920. The van der Waals surface area contributed by atoms with Crippen LogP contribution >= 0.6 is 22.9 Å². The van der Waals surface area contributed by atoms with Crippen LogP contribution in [0, 0.1) is 0 Å². The normalized spacial score (nSPS) is 10.7. The van der Waals surface area contributed by atoms with Gasteiger partial charge in [-0.2, -0.15) is 0 Å². The predicted molar refractivity (Wildman–Crippen MR) is 80.9 cm³/mol. The van der Waals surface area contributed by atoms with Crippen LogP contribution in [0.25, 0.3) is 11.4 Å². The highest BCUT2D eigenvalue weighted by Gasteiger charge is 2.05. The van der Waals surface area contributed by atoms with Gasteiger partial charge in [-0.05, 0) is 12.1 Å². The fraction of sp³-hybridized carbons (Fsp3) is 0.154. The summed E-state index contributed by atoms with van der Waals surface area (Å²) in [6.07, 6.45) is 3.35. The number of thiazole rings is 1. The molecule has 3 rings (SSSR count). The molecule has 3 aromatic rings. The van der Waals surface area contributed by atoms with Gasteiger partial charge in [0.2, 0.25) is 0 Å². The molecule has 0 fully saturated rings. The minimum absolute atomic E-state index is 0.652. The highest BCUT2D eigenvalue weighted by Crippen LogP contribution is 2.22. The summed E-state index contributed by atoms with van der Waals surface area (Å²) in [5.74, 6) is 0.839. The van der Waals surface area contributed by atoms with E-state index in [-0.39, 0.29) is 0 Å². The fourth-order valence-corrected chi connectivity index (χ4v) is 2.76. The van der Waals surface area contributed by atoms with E-state index in [0.717, 1.165) is 22.1 Å². The summed E-state index contributed by atoms with van der Waals surface area (Å²) in [6, 6.07) is 8.05. The summed E-state index contributed by atoms with van der Waals surface area (Å²) in [6.45, 7) is 0.652. The maximum Gasteiger partial charge on any atom is 0.163 e. The number of hydrogen-bond donors (Lipinski definition) is 1. The van der Waals surface area contributed by atoms with Crippen LogP contribution < -0.4 is 5.32 Å². The molecule has 2 aromatic heterocycles. The number of nitrogens with one attached hydrogen (secondary N) is 1. The van der Waals surface area contributed by atoms with E-state index in [4.69, 9.17) is 11.6 Å². The first-order valence-electron chi connectivity index (χ1n) is 6.01. The number of hydrogen-bond acceptors (Lipinski definition) is 5. The zero-order valence-corrected chi connectivity index (χ0v) is 12.3. The van der Waals surface area contributed by atoms with Crippen molar-refractivity contribution in [3.8, 4) is 11.4 Å². The molecule has 1 N–H and O–H groups in total. The van der Waals surface area contributed by atoms with E-state index in [9.17, 15) is 0 Å². The number of rotatable bonds is 4. The topological polar surface area (TPSA) is 55.6 Å². The molecule has 0 aliphatic carbocycles. The van der Waals surface area contributed by atoms with Crippen molar-refractivity contribution in [3.05, 3.63) is 46.1 Å². The van der Waals surface area contributed by atoms with Gasteiger partial charge in [-0.1, -0.05) is 23.7 Å². The fourth-order valence-electron chi connectivity index (χ4n) is 1.86. The maximum atomic E-state index is 5.86. The van der Waals surface area contributed by atoms with Crippen LogP contribution in [0.4, 0.5) is 5.69 Å². The van der Waals surface area contributed by atoms with Gasteiger partial charge in [0, 0.05) is 18.3 Å². The number of anilines is 1. The third-order valence-electron chi connectivity index (χ3n) is 2.80. The van der Waals surface area contributed by atoms with Crippen LogP contribution in [-0.4, -0.2) is 19.7 Å². The number of benzene rings is 1. The first kappa shape index (κ1) is 13.1. The molecule has 2 heterocycles. The Morgan fingerprint density at radius 1 is 1.40 bits per heavy atom. The zero-order valence-electron chi connectivity index (χ0n) is 10.7. The van der Waals surface area contributed by atoms with Gasteiger partial charge in [0.25, 0.3) is 0 Å². The smallest absolute Gasteiger partial charge is 0.163 e. The lowest BCUT2D eigenvalue weighted by Crippen LogP contribution is -1.99. The molecule has 0 bridgehead atoms. The van der Waals surface area contributed by atoms with Crippen LogP contribution in [0.3, 0.4) is 0 Å². The molecule has 0 spiro atoms. The highest BCUT2D eigenvalue weighted by atomic mass is 35.5. The molecule has 0 saturated heterocycles. The maximum absolute atomic E-state index is 5.86. The van der Waals surface area contributed by atoms with E-state index in [1.54, 1.807) is 12.5 Å². The average Bonchev–Trinajstić information content (AvgIpc) is 3.05. The van der Waals surface area contributed by atoms with Gasteiger partial charge in [-0.25, -0.2) is 4.98 Å². The second-order valence-corrected chi connectivity index (χ2v) is 6.00. The SMILES string of the molecule is Cn1cnnc1-c1cccc(NCc2ncc(Cl)s2)c1. The van der Waals surface area contributed by atoms with Crippen LogP contribution in [0.15, 0.2) is 36.8 Å². The summed E-state index contributed by atoms with van der Waals surface area (Å²) in [4.78, 5) is 4.21. The van der Waals surface area contributed by atoms with Gasteiger partial charge in [0.1, 0.15) is 15.7 Å². The monoisotopic (exact) mass is 305 g/mol. The number of aromatic nitrogens is 4. The van der Waals surface area contributed by atoms with Crippen LogP contribution in [0.1, 0.15) is 5.01 Å². The summed E-state index contributed by atoms with van der Waals surface area (Å²) >= 11 is 7.34. The van der Waals surface area contributed by atoms with Gasteiger partial charge in [0.15, 0.2) is 5.82 Å². The van der Waals surface area contributed by atoms with Gasteiger partial charge in [0.05, 0.1) is 12.7 Å². The van der Waals surface area contributed by atoms with Crippen molar-refractivity contribution in [3.63, 3.8) is 0 Å². The minimum Gasteiger partial charge on any atom is -0.379 e. The van der Waals surface area contributed by atoms with E-state index < -0.39 is 0 Å². The largest absolute Gasteiger partial charge is 0.379 e. The molecule has 0 radical (unpaired) electrons. The van der Waals surface area contributed by atoms with Crippen LogP contribution in [0.5, 0.6) is 0 Å². The van der Waals surface area contributed by atoms with Crippen molar-refractivity contribution >= 4 is 28.6 Å². The molecule has 7 heteroatoms. The van der Waals surface area contributed by atoms with Crippen molar-refractivity contribution in [2.45, 2.75) is 6.54 Å². The van der Waals surface area contributed by atoms with Gasteiger partial charge in [-0.3, -0.25) is 0 Å². The van der Waals surface area contributed by atoms with Crippen molar-refractivity contribution in [2.24, 2.45) is 7.05 Å². The van der Waals surface area contributed by atoms with E-state index in [1.807, 2.05) is 35.9 Å². The molecular weight excluding hydrogens is 294 g/mol. The van der Waals surface area contributed by atoms with Crippen molar-refractivity contribution < 1.29 is 0 Å². The second kappa shape index (κ2) is 5.60. The highest BCUT2D eigenvalue weighted by molar-refractivity contribution is 7.15. The molecule has 0 unspecified atom stereocenters. The Kier molecular flexibility index (Phi) is 3.66. The summed E-state index contributed by atoms with van der Waals surface area (Å²) in [7, 11) is 1.92. The second-order valence-electron chi connectivity index (χ2n) is 4.26. The molecule has 102 valence electrons. The van der Waals surface area contributed by atoms with E-state index in [0.29, 0.717) is 10.9 Å². The summed E-state index contributed by atoms with van der Waals surface area (Å²) in [5.41, 5.74) is 2.03. The standard InChI is InChI=1S/C13H12ClN5S/c1-19-8-17-18-13(19)9-3-2-4-10(5-9)15-7-12-16-6-11(14)20-12/h2-6,8,15H,7H2,1H3. The molecule has 0 aliphatic rings. The minimum atomic E-state index is 0.652. The van der Waals surface area contributed by atoms with E-state index in [2.05, 4.69) is 20.5 Å². The Morgan fingerprint density at radius 2 is 2.30 bits per heavy atom. The number of nitrogens with zero attached hydrogens (tertiary/aromatic N) is 4. The Hall–Kier alpha value is -1.92. The van der Waals surface area contributed by atoms with Crippen LogP contribution in [0.2, 0.25) is 4.34 Å². The lowest BCUT2D eigenvalue weighted by atomic mass is 10.2. The Morgan fingerprint density at radius 3 is 3.00 bits per heavy atom. The Labute approximate surface area is 125 Å². The van der Waals surface area contributed by atoms with Gasteiger partial charge < -0.3 is 9.88 Å². The van der Waals surface area contributed by atoms with Crippen molar-refractivity contribution in [2.75, 3.05) is 5.32 Å². The van der Waals surface area contributed by atoms with Crippen molar-refractivity contribution in [1.29, 1.82) is 0 Å². The molecule has 0 atom stereocenters. The zero-order chi connectivity index (χ0) is 13.9. The summed E-state index contributed by atoms with van der Waals surface area (Å²) < 4.78 is 2.59. The molecule has 20 heavy (non-hydrogen) atoms. The first-order chi connectivity index (χ1) is 9.72. The van der Waals surface area contributed by atoms with E-state index >= 15 is 0 Å². The molecule has 5 nitrogen and oxygen atoms in total. The first-order valence-corrected chi connectivity index (χ1v) is 7.20. The molecule has 0 aliphatic heterocycles. The molecule has 1 aromatic carbocycles. The van der Waals surface area contributed by atoms with E-state index in [1.165, 1.54) is 11.3 Å². The average molecular weight is 306 g/mol. The molecular formula is C13H12ClN5S. The third kappa shape index (κ3) is 2.81. The molecule has 0 amide bonds. The predicted octanol–water partition coefficient (Wildman–Crippen LogP) is 3.20. The van der Waals surface area contributed by atoms with Crippen LogP contribution in [-0.2, 0) is 13.6 Å². The van der Waals surface area contributed by atoms with Crippen molar-refractivity contribution in [1.82, 2.24) is 19.7 Å².